The minimum Gasteiger partial charge on any atom is -0.444 e. The van der Waals surface area contributed by atoms with Crippen molar-refractivity contribution in [2.75, 3.05) is 13.7 Å². The first-order valence-electron chi connectivity index (χ1n) is 10.0. The number of imidazole rings is 1. The number of thioether (sulfide) groups is 1. The van der Waals surface area contributed by atoms with Crippen LogP contribution in [0.2, 0.25) is 0 Å². The Hall–Kier alpha value is -2.59. The number of methoxy groups -OCH3 is 1. The fraction of sp³-hybridized carbons (Fsp3) is 0.524. The molecule has 31 heavy (non-hydrogen) atoms. The molecule has 0 spiro atoms. The van der Waals surface area contributed by atoms with Gasteiger partial charge in [0.05, 0.1) is 23.4 Å². The monoisotopic (exact) mass is 447 g/mol. The summed E-state index contributed by atoms with van der Waals surface area (Å²) in [5.74, 6) is 1.28. The van der Waals surface area contributed by atoms with Crippen LogP contribution in [0, 0.1) is 0 Å². The number of carbonyl (C=O) groups is 1. The van der Waals surface area contributed by atoms with Crippen molar-refractivity contribution in [3.8, 4) is 0 Å². The number of fused-ring (bicyclic) bond motifs is 1. The molecule has 2 aromatic heterocycles. The van der Waals surface area contributed by atoms with Gasteiger partial charge < -0.3 is 23.9 Å². The molecule has 0 saturated carbocycles. The van der Waals surface area contributed by atoms with E-state index in [1.54, 1.807) is 21.0 Å². The molecule has 0 bridgehead atoms. The first-order valence-corrected chi connectivity index (χ1v) is 11.0. The standard InChI is InChI=1S/C21H29N5O4S/c1-20(2,3)29-19(27)24-21(4,5)17-23-16(30-25-17)13-31-18-22-14-9-7-8-10-15(14)26(18)11-12-28-6/h7-10H,11-13H2,1-6H3,(H,24,27). The largest absolute Gasteiger partial charge is 0.444 e. The zero-order valence-electron chi connectivity index (χ0n) is 18.8. The van der Waals surface area contributed by atoms with Gasteiger partial charge >= 0.3 is 6.09 Å². The molecule has 1 aromatic carbocycles. The number of para-hydroxylation sites is 2. The first kappa shape index (κ1) is 23.1. The van der Waals surface area contributed by atoms with Crippen LogP contribution in [0.4, 0.5) is 4.79 Å². The molecule has 0 unspecified atom stereocenters. The molecule has 0 aliphatic heterocycles. The zero-order valence-corrected chi connectivity index (χ0v) is 19.6. The van der Waals surface area contributed by atoms with Crippen molar-refractivity contribution in [1.82, 2.24) is 25.0 Å². The van der Waals surface area contributed by atoms with Crippen LogP contribution < -0.4 is 5.32 Å². The third kappa shape index (κ3) is 5.98. The van der Waals surface area contributed by atoms with E-state index in [0.29, 0.717) is 30.6 Å². The zero-order chi connectivity index (χ0) is 22.6. The van der Waals surface area contributed by atoms with E-state index in [1.807, 2.05) is 45.0 Å². The number of hydrogen-bond acceptors (Lipinski definition) is 8. The number of amides is 1. The molecule has 0 radical (unpaired) electrons. The van der Waals surface area contributed by atoms with Gasteiger partial charge in [-0.25, -0.2) is 9.78 Å². The number of rotatable bonds is 8. The van der Waals surface area contributed by atoms with E-state index in [2.05, 4.69) is 20.0 Å². The predicted molar refractivity (Wildman–Crippen MR) is 118 cm³/mol. The fourth-order valence-corrected chi connectivity index (χ4v) is 3.75. The predicted octanol–water partition coefficient (Wildman–Crippen LogP) is 4.12. The lowest BCUT2D eigenvalue weighted by Gasteiger charge is -2.26. The van der Waals surface area contributed by atoms with Crippen LogP contribution >= 0.6 is 11.8 Å². The van der Waals surface area contributed by atoms with Crippen molar-refractivity contribution in [2.45, 2.75) is 63.2 Å². The van der Waals surface area contributed by atoms with Crippen molar-refractivity contribution in [3.05, 3.63) is 36.0 Å². The second kappa shape index (κ2) is 9.27. The maximum atomic E-state index is 12.1. The van der Waals surface area contributed by atoms with Gasteiger partial charge in [-0.3, -0.25) is 0 Å². The second-order valence-corrected chi connectivity index (χ2v) is 9.52. The lowest BCUT2D eigenvalue weighted by atomic mass is 10.1. The third-order valence-corrected chi connectivity index (χ3v) is 5.27. The molecule has 9 nitrogen and oxygen atoms in total. The number of nitrogens with zero attached hydrogens (tertiary/aromatic N) is 4. The smallest absolute Gasteiger partial charge is 0.408 e. The van der Waals surface area contributed by atoms with Gasteiger partial charge in [-0.2, -0.15) is 4.98 Å². The summed E-state index contributed by atoms with van der Waals surface area (Å²) >= 11 is 1.51. The van der Waals surface area contributed by atoms with E-state index in [-0.39, 0.29) is 0 Å². The molecule has 168 valence electrons. The van der Waals surface area contributed by atoms with E-state index in [9.17, 15) is 4.79 Å². The van der Waals surface area contributed by atoms with Crippen LogP contribution in [0.3, 0.4) is 0 Å². The van der Waals surface area contributed by atoms with Crippen molar-refractivity contribution in [2.24, 2.45) is 0 Å². The van der Waals surface area contributed by atoms with Crippen molar-refractivity contribution < 1.29 is 18.8 Å². The molecule has 2 heterocycles. The number of alkyl carbamates (subject to hydrolysis) is 1. The van der Waals surface area contributed by atoms with Gasteiger partial charge in [-0.05, 0) is 46.8 Å². The summed E-state index contributed by atoms with van der Waals surface area (Å²) in [6, 6.07) is 7.98. The summed E-state index contributed by atoms with van der Waals surface area (Å²) in [6.45, 7) is 10.3. The molecule has 0 fully saturated rings. The van der Waals surface area contributed by atoms with Gasteiger partial charge in [0.25, 0.3) is 0 Å². The Bertz CT molecular complexity index is 1040. The number of benzene rings is 1. The van der Waals surface area contributed by atoms with Crippen molar-refractivity contribution in [3.63, 3.8) is 0 Å². The molecule has 3 rings (SSSR count). The topological polar surface area (TPSA) is 104 Å². The van der Waals surface area contributed by atoms with Gasteiger partial charge in [0.1, 0.15) is 11.1 Å². The van der Waals surface area contributed by atoms with Crippen LogP contribution in [0.1, 0.15) is 46.3 Å². The molecular weight excluding hydrogens is 418 g/mol. The highest BCUT2D eigenvalue weighted by Crippen LogP contribution is 2.27. The summed E-state index contributed by atoms with van der Waals surface area (Å²) in [7, 11) is 1.68. The average Bonchev–Trinajstić information content (AvgIpc) is 3.27. The lowest BCUT2D eigenvalue weighted by Crippen LogP contribution is -2.44. The number of nitrogens with one attached hydrogen (secondary N) is 1. The Morgan fingerprint density at radius 2 is 1.94 bits per heavy atom. The maximum absolute atomic E-state index is 12.1. The molecule has 1 N–H and O–H groups in total. The number of hydrogen-bond donors (Lipinski definition) is 1. The van der Waals surface area contributed by atoms with E-state index in [0.717, 1.165) is 16.2 Å². The highest BCUT2D eigenvalue weighted by Gasteiger charge is 2.31. The van der Waals surface area contributed by atoms with Crippen LogP contribution in [-0.4, -0.2) is 45.1 Å². The van der Waals surface area contributed by atoms with Crippen molar-refractivity contribution >= 4 is 28.9 Å². The molecule has 0 aliphatic rings. The Morgan fingerprint density at radius 1 is 1.19 bits per heavy atom. The number of carbonyl (C=O) groups excluding carboxylic acids is 1. The summed E-state index contributed by atoms with van der Waals surface area (Å²) in [5.41, 5.74) is 0.541. The second-order valence-electron chi connectivity index (χ2n) is 8.58. The van der Waals surface area contributed by atoms with Crippen LogP contribution in [-0.2, 0) is 27.3 Å². The third-order valence-electron chi connectivity index (χ3n) is 4.30. The molecule has 0 aliphatic carbocycles. The Kier molecular flexibility index (Phi) is 6.90. The quantitative estimate of drug-likeness (QED) is 0.514. The number of ether oxygens (including phenoxy) is 2. The van der Waals surface area contributed by atoms with Gasteiger partial charge in [0, 0.05) is 13.7 Å². The van der Waals surface area contributed by atoms with E-state index in [4.69, 9.17) is 19.0 Å². The molecule has 0 saturated heterocycles. The Morgan fingerprint density at radius 3 is 2.65 bits per heavy atom. The fourth-order valence-electron chi connectivity index (χ4n) is 2.87. The van der Waals surface area contributed by atoms with E-state index >= 15 is 0 Å². The Balaban J connectivity index is 1.70. The molecular formula is C21H29N5O4S. The van der Waals surface area contributed by atoms with Gasteiger partial charge in [-0.15, -0.1) is 0 Å². The molecule has 0 atom stereocenters. The number of aromatic nitrogens is 4. The molecule has 10 heteroatoms. The SMILES string of the molecule is COCCn1c(SCc2nc(C(C)(C)NC(=O)OC(C)(C)C)no2)nc2ccccc21. The first-order chi connectivity index (χ1) is 14.6. The minimum atomic E-state index is -0.847. The highest BCUT2D eigenvalue weighted by atomic mass is 32.2. The Labute approximate surface area is 185 Å². The highest BCUT2D eigenvalue weighted by molar-refractivity contribution is 7.98. The van der Waals surface area contributed by atoms with Crippen molar-refractivity contribution in [1.29, 1.82) is 0 Å². The van der Waals surface area contributed by atoms with Crippen LogP contribution in [0.15, 0.2) is 33.9 Å². The maximum Gasteiger partial charge on any atom is 0.408 e. The van der Waals surface area contributed by atoms with Gasteiger partial charge in [0.15, 0.2) is 11.0 Å². The van der Waals surface area contributed by atoms with Gasteiger partial charge in [0.2, 0.25) is 5.89 Å². The summed E-state index contributed by atoms with van der Waals surface area (Å²) in [6.07, 6.45) is -0.537. The summed E-state index contributed by atoms with van der Waals surface area (Å²) in [4.78, 5) is 21.3. The minimum absolute atomic E-state index is 0.377. The normalized spacial score (nSPS) is 12.3. The molecule has 1 amide bonds. The molecule has 3 aromatic rings. The van der Waals surface area contributed by atoms with Crippen LogP contribution in [0.25, 0.3) is 11.0 Å². The summed E-state index contributed by atoms with van der Waals surface area (Å²) in [5, 5.41) is 7.68. The van der Waals surface area contributed by atoms with Gasteiger partial charge in [-0.1, -0.05) is 29.1 Å². The summed E-state index contributed by atoms with van der Waals surface area (Å²) < 4.78 is 18.1. The lowest BCUT2D eigenvalue weighted by molar-refractivity contribution is 0.0465. The van der Waals surface area contributed by atoms with E-state index < -0.39 is 17.2 Å². The average molecular weight is 448 g/mol. The van der Waals surface area contributed by atoms with E-state index in [1.165, 1.54) is 11.8 Å². The van der Waals surface area contributed by atoms with Crippen LogP contribution in [0.5, 0.6) is 0 Å².